The molecule has 0 aromatic carbocycles. The average molecular weight is 2540 g/mol. The highest BCUT2D eigenvalue weighted by molar-refractivity contribution is 6.94. The highest BCUT2D eigenvalue weighted by atomic mass is 28.5. The summed E-state index contributed by atoms with van der Waals surface area (Å²) < 4.78 is 114. The molecule has 148 heavy (non-hydrogen) atoms. The molecule has 0 saturated heterocycles. The average Bonchev–Trinajstić information content (AvgIpc) is 0.797. The molecular formula is C98H254O25Si25. The molecular weight excluding hydrogens is 2280 g/mol. The first kappa shape index (κ1) is 159. The van der Waals surface area contributed by atoms with Crippen LogP contribution < -0.4 is 0 Å². The lowest BCUT2D eigenvalue weighted by Gasteiger charge is -2.44. The quantitative estimate of drug-likeness (QED) is 0.0207. The van der Waals surface area contributed by atoms with Crippen molar-refractivity contribution in [1.82, 2.24) is 0 Å². The second-order valence-corrected chi connectivity index (χ2v) is 164. The van der Waals surface area contributed by atoms with Crippen LogP contribution in [0.5, 0.6) is 0 Å². The van der Waals surface area contributed by atoms with Gasteiger partial charge in [-0.05, 0) is 467 Å². The molecule has 50 heteroatoms. The Kier molecular flexibility index (Phi) is 71.0. The third kappa shape index (κ3) is 85.3. The van der Waals surface area contributed by atoms with Crippen LogP contribution in [-0.4, -0.2) is 305 Å². The fraction of sp³-hybridized carbons (Fsp3) is 1.00. The first-order valence-electron chi connectivity index (χ1n) is 57.3. The Morgan fingerprint density at radius 3 is 0.453 bits per heavy atom. The summed E-state index contributed by atoms with van der Waals surface area (Å²) in [7, 11) is -47.9. The van der Waals surface area contributed by atoms with E-state index in [0.717, 1.165) is 165 Å². The minimum absolute atomic E-state index is 0.0301. The van der Waals surface area contributed by atoms with Crippen LogP contribution in [-0.2, 0) is 70.0 Å². The second-order valence-electron chi connectivity index (χ2n) is 60.6. The Bertz CT molecular complexity index is 3190. The highest BCUT2D eigenvalue weighted by Gasteiger charge is 2.54. The summed E-state index contributed by atoms with van der Waals surface area (Å²) in [5, 5.41) is 82.6. The number of aliphatic hydroxyl groups excluding tert-OH is 8. The van der Waals surface area contributed by atoms with Crippen molar-refractivity contribution in [3.05, 3.63) is 0 Å². The Morgan fingerprint density at radius 2 is 0.284 bits per heavy atom. The first-order valence-corrected chi connectivity index (χ1v) is 134. The van der Waals surface area contributed by atoms with Crippen LogP contribution in [0, 0.1) is 21.7 Å². The lowest BCUT2D eigenvalue weighted by molar-refractivity contribution is 0.0354. The first-order chi connectivity index (χ1) is 65.6. The van der Waals surface area contributed by atoms with Gasteiger partial charge in [-0.2, -0.15) is 0 Å². The smallest absolute Gasteiger partial charge is 0.456 e. The van der Waals surface area contributed by atoms with Gasteiger partial charge < -0.3 is 111 Å². The lowest BCUT2D eigenvalue weighted by Crippen LogP contribution is -2.60. The summed E-state index contributed by atoms with van der Waals surface area (Å²) in [4.78, 5) is 0. The van der Waals surface area contributed by atoms with Gasteiger partial charge in [0.25, 0.3) is 0 Å². The Morgan fingerprint density at radius 1 is 0.149 bits per heavy atom. The van der Waals surface area contributed by atoms with Crippen molar-refractivity contribution in [2.45, 2.75) is 556 Å². The zero-order chi connectivity index (χ0) is 118. The van der Waals surface area contributed by atoms with Crippen LogP contribution in [0.3, 0.4) is 0 Å². The van der Waals surface area contributed by atoms with Crippen molar-refractivity contribution in [3.63, 3.8) is 0 Å². The number of rotatable bonds is 80. The predicted molar refractivity (Wildman–Crippen MR) is 700 cm³/mol. The van der Waals surface area contributed by atoms with E-state index < -0.39 is 228 Å². The molecule has 0 aliphatic heterocycles. The summed E-state index contributed by atoms with van der Waals surface area (Å²) in [5.41, 5.74) is -1.82. The largest absolute Gasteiger partial charge is 0.469 e. The van der Waals surface area contributed by atoms with E-state index in [1.54, 1.807) is 0 Å². The van der Waals surface area contributed by atoms with Gasteiger partial charge in [-0.3, -0.25) is 0 Å². The van der Waals surface area contributed by atoms with Gasteiger partial charge in [0, 0.05) is 33.7 Å². The third-order valence-electron chi connectivity index (χ3n) is 23.2. The van der Waals surface area contributed by atoms with Gasteiger partial charge in [0.15, 0.2) is 151 Å². The molecule has 25 nitrogen and oxygen atoms in total. The summed E-state index contributed by atoms with van der Waals surface area (Å²) in [5.74, 6) is 0. The van der Waals surface area contributed by atoms with Gasteiger partial charge in [-0.15, -0.1) is 0 Å². The number of aliphatic hydroxyl groups is 8. The molecule has 0 amide bonds. The maximum atomic E-state index is 10.7. The van der Waals surface area contributed by atoms with E-state index in [4.69, 9.17) is 70.0 Å². The van der Waals surface area contributed by atoms with Crippen LogP contribution in [0.25, 0.3) is 0 Å². The molecule has 0 fully saturated rings. The number of unbranched alkanes of at least 4 members (excludes halogenated alkanes) is 6. The van der Waals surface area contributed by atoms with Crippen LogP contribution in [0.15, 0.2) is 0 Å². The molecule has 8 N–H and O–H groups in total. The van der Waals surface area contributed by atoms with Gasteiger partial charge in [-0.25, -0.2) is 0 Å². The van der Waals surface area contributed by atoms with Gasteiger partial charge in [0.05, 0.1) is 52.9 Å². The topological polar surface area (TPSA) is 319 Å². The van der Waals surface area contributed by atoms with Gasteiger partial charge in [0.1, 0.15) is 0 Å². The summed E-state index contributed by atoms with van der Waals surface area (Å²) in [6, 6.07) is 7.41. The van der Waals surface area contributed by atoms with E-state index in [-0.39, 0.29) is 58.3 Å². The van der Waals surface area contributed by atoms with Crippen molar-refractivity contribution in [2.24, 2.45) is 21.7 Å². The molecule has 0 rings (SSSR count). The molecule has 0 heterocycles. The molecule has 0 aromatic heterocycles. The number of hydrogen-bond donors (Lipinski definition) is 8. The van der Waals surface area contributed by atoms with Crippen molar-refractivity contribution in [3.8, 4) is 0 Å². The lowest BCUT2D eigenvalue weighted by atomic mass is 9.79. The van der Waals surface area contributed by atoms with Crippen molar-refractivity contribution in [1.29, 1.82) is 0 Å². The summed E-state index contributed by atoms with van der Waals surface area (Å²) in [6.07, 6.45) is 20.2. The van der Waals surface area contributed by atoms with E-state index in [0.29, 0.717) is 24.9 Å². The second kappa shape index (κ2) is 66.2. The Hall–Kier alpha value is 4.42. The Labute approximate surface area is 944 Å². The van der Waals surface area contributed by atoms with Gasteiger partial charge in [-0.1, -0.05) is 77.0 Å². The van der Waals surface area contributed by atoms with Crippen LogP contribution in [0.1, 0.15) is 141 Å². The minimum atomic E-state index is -2.99. The molecule has 2 atom stereocenters. The number of hydrogen-bond acceptors (Lipinski definition) is 25. The van der Waals surface area contributed by atoms with E-state index >= 15 is 0 Å². The fourth-order valence-corrected chi connectivity index (χ4v) is 118. The van der Waals surface area contributed by atoms with E-state index in [1.165, 1.54) is 0 Å². The van der Waals surface area contributed by atoms with Crippen LogP contribution >= 0.6 is 0 Å². The molecule has 0 aliphatic rings. The van der Waals surface area contributed by atoms with Crippen molar-refractivity contribution in [2.75, 3.05) is 52.9 Å². The summed E-state index contributed by atoms with van der Waals surface area (Å²) >= 11 is 0. The zero-order valence-corrected chi connectivity index (χ0v) is 133. The monoisotopic (exact) mass is 2530 g/mol. The van der Waals surface area contributed by atoms with Crippen LogP contribution in [0.4, 0.5) is 0 Å². The van der Waals surface area contributed by atoms with Crippen molar-refractivity contribution < 1.29 is 111 Å². The van der Waals surface area contributed by atoms with E-state index in [2.05, 4.69) is 367 Å². The van der Waals surface area contributed by atoms with Crippen LogP contribution in [0.2, 0.25) is 415 Å². The predicted octanol–water partition coefficient (Wildman–Crippen LogP) is 29.6. The third-order valence-corrected chi connectivity index (χ3v) is 101. The molecule has 0 aliphatic carbocycles. The van der Waals surface area contributed by atoms with Gasteiger partial charge >= 0.3 is 60.4 Å². The SMILES string of the molecule is C[SiH](C)O[Si](C)(CCCCC(CO)(CO)CCCC[Si](C)(O[SiH](C)C)O[Si](C)(C)C)O[Si](C)(C)C.C[Si](C)(C)O[Si](C)(C)CCCC(CO)(CO)CCC[Si](C)(O[Si](C)(C)C)O[Si](C)(C)C.C[Si](C)(C)O[Si](C)(CCCCCC(CO)(CO)CCCCC[Si](C)(O[Si](C)(C)C)O[Si](C)(C)C)O[Si](C)(C)C.C[Si](C)(C)O[Si](CCCC(CO)(CO)CCC[Si](O[Si](C)(C)C)(O[Si](C)(C)C)O[Si](C)(C)C)(O[Si](C)(C)C)O[Si](C)(C)C. The Balaban J connectivity index is -0.000000940. The highest BCUT2D eigenvalue weighted by Crippen LogP contribution is 2.43. The van der Waals surface area contributed by atoms with E-state index in [1.807, 2.05) is 0 Å². The zero-order valence-electron chi connectivity index (χ0n) is 108. The molecule has 896 valence electrons. The minimum Gasteiger partial charge on any atom is -0.456 e. The maximum absolute atomic E-state index is 10.7. The summed E-state index contributed by atoms with van der Waals surface area (Å²) in [6.45, 7) is 125. The van der Waals surface area contributed by atoms with E-state index in [9.17, 15) is 40.9 Å². The molecule has 0 spiro atoms. The van der Waals surface area contributed by atoms with Crippen molar-refractivity contribution >= 4 is 212 Å². The fourth-order valence-electron chi connectivity index (χ4n) is 20.1. The molecule has 0 saturated carbocycles. The maximum Gasteiger partial charge on any atom is 0.469 e. The molecule has 0 radical (unpaired) electrons. The standard InChI is InChI=1S/C27H72O8Si8.C27H68O6Si6.C23H60O6Si6.C21H54O5Si5/c1-36(2,3)30-42(31-37(4,5)6,32-38(7,8)9)23-19-21-27(25-28,26-29)22-20-24-43(33-39(10,11)12,34-40(13,14)15)35-41(16,17)18;1-34(2,3)30-38(13,31-35(4,5)6)23-19-15-17-21-27(25-28,26-29)22-18-16-20-24-39(14,32-36(7,8)9)33-37(10,11)12;1-30(2)26-34(11,28-32(5,6)7)19-15-13-17-23(21-24,22-25)18-14-16-20-35(12,27-31(3)4)29-33(8,9)10;1-27(2,3)24-30(10,11)17-13-15-21(19-22,20-23)16-14-18-31(12,25-28(4,5)6)26-29(7,8)9/h28-29H,19-26H2,1-18H3;28-29H,15-26H2,1-14H3;24-25,30-31H,13-22H2,1-12H3;22-23H,13-20H2,1-12H3. The molecule has 2 unspecified atom stereocenters. The van der Waals surface area contributed by atoms with Gasteiger partial charge in [0.2, 0.25) is 0 Å². The normalized spacial score (nSPS) is 15.5. The molecule has 0 bridgehead atoms. The molecule has 0 aromatic rings.